The van der Waals surface area contributed by atoms with Crippen LogP contribution in [-0.4, -0.2) is 36.3 Å². The second kappa shape index (κ2) is 4.85. The lowest BCUT2D eigenvalue weighted by Gasteiger charge is -2.19. The summed E-state index contributed by atoms with van der Waals surface area (Å²) in [6, 6.07) is 0. The minimum atomic E-state index is -0.585. The van der Waals surface area contributed by atoms with Gasteiger partial charge in [0.1, 0.15) is 5.60 Å². The van der Waals surface area contributed by atoms with Crippen molar-refractivity contribution in [2.75, 3.05) is 0 Å². The van der Waals surface area contributed by atoms with E-state index in [9.17, 15) is 4.79 Å². The van der Waals surface area contributed by atoms with Crippen molar-refractivity contribution >= 4 is 6.09 Å². The van der Waals surface area contributed by atoms with Crippen molar-refractivity contribution in [2.24, 2.45) is 0 Å². The Bertz CT molecular complexity index is 580. The number of imidazole rings is 2. The molecule has 0 amide bonds. The van der Waals surface area contributed by atoms with Crippen LogP contribution in [0.5, 0.6) is 0 Å². The van der Waals surface area contributed by atoms with Gasteiger partial charge in [0.2, 0.25) is 0 Å². The van der Waals surface area contributed by atoms with E-state index in [1.165, 1.54) is 17.0 Å². The summed E-state index contributed by atoms with van der Waals surface area (Å²) in [7, 11) is 0. The zero-order valence-corrected chi connectivity index (χ0v) is 11.0. The number of aliphatic hydroxyl groups excluding tert-OH is 1. The summed E-state index contributed by atoms with van der Waals surface area (Å²) in [6.45, 7) is 5.19. The Morgan fingerprint density at radius 1 is 1.53 bits per heavy atom. The molecule has 0 radical (unpaired) electrons. The van der Waals surface area contributed by atoms with Gasteiger partial charge in [-0.3, -0.25) is 0 Å². The molecule has 0 saturated heterocycles. The maximum Gasteiger partial charge on any atom is 0.420 e. The molecular weight excluding hydrogens is 248 g/mol. The highest BCUT2D eigenvalue weighted by Gasteiger charge is 2.21. The molecule has 0 aliphatic carbocycles. The Morgan fingerprint density at radius 2 is 2.26 bits per heavy atom. The fourth-order valence-corrected chi connectivity index (χ4v) is 1.49. The number of rotatable bonds is 2. The number of ether oxygens (including phenoxy) is 1. The number of carbonyl (C=O) groups is 1. The van der Waals surface area contributed by atoms with Gasteiger partial charge in [0.15, 0.2) is 11.6 Å². The van der Waals surface area contributed by atoms with Crippen LogP contribution in [0.25, 0.3) is 11.6 Å². The highest BCUT2D eigenvalue weighted by molar-refractivity contribution is 5.75. The molecule has 0 fully saturated rings. The number of nitrogens with zero attached hydrogens (tertiary/aromatic N) is 3. The van der Waals surface area contributed by atoms with E-state index in [1.54, 1.807) is 27.0 Å². The third-order valence-electron chi connectivity index (χ3n) is 2.24. The number of hydrogen-bond acceptors (Lipinski definition) is 5. The second-order valence-electron chi connectivity index (χ2n) is 5.00. The van der Waals surface area contributed by atoms with Crippen molar-refractivity contribution in [3.63, 3.8) is 0 Å². The van der Waals surface area contributed by atoms with E-state index in [2.05, 4.69) is 15.0 Å². The van der Waals surface area contributed by atoms with E-state index in [0.717, 1.165) is 0 Å². The van der Waals surface area contributed by atoms with Crippen LogP contribution in [0.15, 0.2) is 18.6 Å². The molecule has 2 aromatic rings. The minimum absolute atomic E-state index is 0.177. The molecule has 0 aliphatic heterocycles. The molecule has 0 saturated carbocycles. The molecule has 0 unspecified atom stereocenters. The summed E-state index contributed by atoms with van der Waals surface area (Å²) in [5.41, 5.74) is -0.105. The van der Waals surface area contributed by atoms with Crippen molar-refractivity contribution in [1.82, 2.24) is 19.5 Å². The predicted octanol–water partition coefficient (Wildman–Crippen LogP) is 1.55. The summed E-state index contributed by atoms with van der Waals surface area (Å²) in [5, 5.41) is 8.98. The summed E-state index contributed by atoms with van der Waals surface area (Å²) in [5.74, 6) is 0.744. The fraction of sp³-hybridized carbons (Fsp3) is 0.417. The summed E-state index contributed by atoms with van der Waals surface area (Å²) < 4.78 is 6.54. The van der Waals surface area contributed by atoms with Gasteiger partial charge < -0.3 is 14.8 Å². The smallest absolute Gasteiger partial charge is 0.420 e. The van der Waals surface area contributed by atoms with Crippen LogP contribution in [0.3, 0.4) is 0 Å². The normalized spacial score (nSPS) is 11.6. The average molecular weight is 264 g/mol. The van der Waals surface area contributed by atoms with Gasteiger partial charge in [-0.05, 0) is 20.8 Å². The summed E-state index contributed by atoms with van der Waals surface area (Å²) in [6.07, 6.45) is 4.02. The number of aromatic amines is 1. The second-order valence-corrected chi connectivity index (χ2v) is 5.00. The first-order valence-corrected chi connectivity index (χ1v) is 5.83. The maximum atomic E-state index is 12.0. The number of H-pyrrole nitrogens is 1. The minimum Gasteiger partial charge on any atom is -0.443 e. The molecule has 7 heteroatoms. The number of aromatic nitrogens is 4. The van der Waals surface area contributed by atoms with E-state index in [1.807, 2.05) is 0 Å². The average Bonchev–Trinajstić information content (AvgIpc) is 2.95. The summed E-state index contributed by atoms with van der Waals surface area (Å²) >= 11 is 0. The van der Waals surface area contributed by atoms with Crippen LogP contribution in [-0.2, 0) is 11.3 Å². The zero-order chi connectivity index (χ0) is 14.0. The largest absolute Gasteiger partial charge is 0.443 e. The molecular formula is C12H16N4O3. The Labute approximate surface area is 110 Å². The number of hydrogen-bond donors (Lipinski definition) is 2. The van der Waals surface area contributed by atoms with Gasteiger partial charge in [-0.25, -0.2) is 19.3 Å². The first-order chi connectivity index (χ1) is 8.90. The lowest BCUT2D eigenvalue weighted by molar-refractivity contribution is 0.0539. The van der Waals surface area contributed by atoms with Crippen molar-refractivity contribution < 1.29 is 14.6 Å². The first-order valence-electron chi connectivity index (χ1n) is 5.83. The van der Waals surface area contributed by atoms with Gasteiger partial charge in [-0.15, -0.1) is 0 Å². The molecule has 2 N–H and O–H groups in total. The monoisotopic (exact) mass is 264 g/mol. The Morgan fingerprint density at radius 3 is 2.84 bits per heavy atom. The van der Waals surface area contributed by atoms with Crippen molar-refractivity contribution in [2.45, 2.75) is 33.0 Å². The van der Waals surface area contributed by atoms with Crippen molar-refractivity contribution in [1.29, 1.82) is 0 Å². The van der Waals surface area contributed by atoms with E-state index >= 15 is 0 Å². The highest BCUT2D eigenvalue weighted by atomic mass is 16.6. The van der Waals surface area contributed by atoms with Crippen LogP contribution in [0.2, 0.25) is 0 Å². The molecule has 0 aliphatic rings. The highest BCUT2D eigenvalue weighted by Crippen LogP contribution is 2.16. The fourth-order valence-electron chi connectivity index (χ4n) is 1.49. The lowest BCUT2D eigenvalue weighted by atomic mass is 10.2. The number of carbonyl (C=O) groups excluding carboxylic acids is 1. The van der Waals surface area contributed by atoms with E-state index in [4.69, 9.17) is 9.84 Å². The Hall–Kier alpha value is -2.15. The van der Waals surface area contributed by atoms with Gasteiger partial charge in [0.25, 0.3) is 0 Å². The van der Waals surface area contributed by atoms with Crippen LogP contribution in [0, 0.1) is 0 Å². The van der Waals surface area contributed by atoms with E-state index in [-0.39, 0.29) is 6.61 Å². The molecule has 0 spiro atoms. The van der Waals surface area contributed by atoms with Gasteiger partial charge in [0, 0.05) is 18.6 Å². The molecule has 2 aromatic heterocycles. The molecule has 2 heterocycles. The third kappa shape index (κ3) is 3.00. The zero-order valence-electron chi connectivity index (χ0n) is 11.0. The molecule has 102 valence electrons. The van der Waals surface area contributed by atoms with Crippen LogP contribution in [0.1, 0.15) is 26.5 Å². The van der Waals surface area contributed by atoms with E-state index < -0.39 is 11.7 Å². The van der Waals surface area contributed by atoms with Crippen molar-refractivity contribution in [3.05, 3.63) is 24.3 Å². The van der Waals surface area contributed by atoms with Gasteiger partial charge in [0.05, 0.1) is 12.3 Å². The Kier molecular flexibility index (Phi) is 3.39. The SMILES string of the molecule is CC(C)(C)OC(=O)n1ccnc1-c1nc(CO)c[nH]1. The van der Waals surface area contributed by atoms with Gasteiger partial charge in [-0.1, -0.05) is 0 Å². The standard InChI is InChI=1S/C12H16N4O3/c1-12(2,3)19-11(18)16-5-4-13-10(16)9-14-6-8(7-17)15-9/h4-6,17H,7H2,1-3H3,(H,14,15). The van der Waals surface area contributed by atoms with Crippen molar-refractivity contribution in [3.8, 4) is 11.6 Å². The number of nitrogens with one attached hydrogen (secondary N) is 1. The topological polar surface area (TPSA) is 93.0 Å². The third-order valence-corrected chi connectivity index (χ3v) is 2.24. The molecule has 0 aromatic carbocycles. The maximum absolute atomic E-state index is 12.0. The molecule has 0 bridgehead atoms. The Balaban J connectivity index is 2.29. The first kappa shape index (κ1) is 13.3. The lowest BCUT2D eigenvalue weighted by Crippen LogP contribution is -2.27. The van der Waals surface area contributed by atoms with Crippen LogP contribution >= 0.6 is 0 Å². The number of aliphatic hydroxyl groups is 1. The van der Waals surface area contributed by atoms with Gasteiger partial charge >= 0.3 is 6.09 Å². The quantitative estimate of drug-likeness (QED) is 0.858. The molecule has 7 nitrogen and oxygen atoms in total. The van der Waals surface area contributed by atoms with Crippen LogP contribution < -0.4 is 0 Å². The van der Waals surface area contributed by atoms with E-state index in [0.29, 0.717) is 17.3 Å². The molecule has 2 rings (SSSR count). The molecule has 19 heavy (non-hydrogen) atoms. The van der Waals surface area contributed by atoms with Gasteiger partial charge in [-0.2, -0.15) is 0 Å². The predicted molar refractivity (Wildman–Crippen MR) is 67.4 cm³/mol. The summed E-state index contributed by atoms with van der Waals surface area (Å²) in [4.78, 5) is 23.0. The van der Waals surface area contributed by atoms with Crippen LogP contribution in [0.4, 0.5) is 4.79 Å². The molecule has 0 atom stereocenters.